The molecule has 0 amide bonds. The van der Waals surface area contributed by atoms with Crippen LogP contribution in [-0.2, 0) is 30.5 Å². The average Bonchev–Trinajstić information content (AvgIpc) is 3.44. The highest BCUT2D eigenvalue weighted by Gasteiger charge is 2.24. The Hall–Kier alpha value is -3.77. The standard InChI is InChI=1S/C28H24ClNO5/c1-34-21-8-10-25-22(15-21)23(16-27(31)32)24(30(25)28(33)18-4-6-20(29)7-5-18)9-2-17-3-11-26-19(14-17)12-13-35-26/h3-8,10-11,14-15H,2,9,12-13,16H2,1H3,(H,31,32). The minimum Gasteiger partial charge on any atom is -0.497 e. The Morgan fingerprint density at radius 3 is 2.60 bits per heavy atom. The molecule has 3 aromatic carbocycles. The van der Waals surface area contributed by atoms with Crippen molar-refractivity contribution in [1.29, 1.82) is 0 Å². The van der Waals surface area contributed by atoms with E-state index in [1.165, 1.54) is 5.56 Å². The lowest BCUT2D eigenvalue weighted by atomic mass is 10.0. The lowest BCUT2D eigenvalue weighted by molar-refractivity contribution is -0.136. The Kier molecular flexibility index (Phi) is 6.22. The number of aryl methyl sites for hydroxylation is 1. The maximum absolute atomic E-state index is 13.7. The zero-order chi connectivity index (χ0) is 24.5. The van der Waals surface area contributed by atoms with Crippen LogP contribution >= 0.6 is 11.6 Å². The third-order valence-electron chi connectivity index (χ3n) is 6.41. The molecule has 0 radical (unpaired) electrons. The molecule has 0 unspecified atom stereocenters. The number of aromatic nitrogens is 1. The Morgan fingerprint density at radius 2 is 1.86 bits per heavy atom. The van der Waals surface area contributed by atoms with Crippen LogP contribution in [0.15, 0.2) is 60.7 Å². The van der Waals surface area contributed by atoms with E-state index in [2.05, 4.69) is 6.07 Å². The third kappa shape index (κ3) is 4.49. The number of carboxylic acid groups (broad SMARTS) is 1. The number of hydrogen-bond acceptors (Lipinski definition) is 4. The fourth-order valence-corrected chi connectivity index (χ4v) is 4.86. The van der Waals surface area contributed by atoms with Crippen LogP contribution in [-0.4, -0.2) is 35.3 Å². The minimum atomic E-state index is -0.957. The van der Waals surface area contributed by atoms with Crippen molar-refractivity contribution in [3.05, 3.63) is 93.6 Å². The van der Waals surface area contributed by atoms with Crippen molar-refractivity contribution in [2.24, 2.45) is 0 Å². The Bertz CT molecular complexity index is 1440. The van der Waals surface area contributed by atoms with E-state index in [0.29, 0.717) is 57.9 Å². The molecular formula is C28H24ClNO5. The second kappa shape index (κ2) is 9.47. The van der Waals surface area contributed by atoms with E-state index in [4.69, 9.17) is 21.1 Å². The number of carbonyl (C=O) groups excluding carboxylic acids is 1. The summed E-state index contributed by atoms with van der Waals surface area (Å²) in [6.45, 7) is 0.688. The maximum atomic E-state index is 13.7. The molecule has 1 aromatic heterocycles. The molecule has 178 valence electrons. The quantitative estimate of drug-likeness (QED) is 0.379. The van der Waals surface area contributed by atoms with Gasteiger partial charge in [0.15, 0.2) is 0 Å². The van der Waals surface area contributed by atoms with Crippen molar-refractivity contribution in [2.45, 2.75) is 25.7 Å². The van der Waals surface area contributed by atoms with Gasteiger partial charge in [-0.1, -0.05) is 23.7 Å². The molecule has 0 atom stereocenters. The summed E-state index contributed by atoms with van der Waals surface area (Å²) in [7, 11) is 1.56. The molecule has 2 heterocycles. The Labute approximate surface area is 207 Å². The summed E-state index contributed by atoms with van der Waals surface area (Å²) in [6, 6.07) is 18.2. The van der Waals surface area contributed by atoms with Gasteiger partial charge in [0.05, 0.1) is 25.7 Å². The first kappa shape index (κ1) is 23.0. The first-order valence-electron chi connectivity index (χ1n) is 11.4. The van der Waals surface area contributed by atoms with Crippen LogP contribution in [0.1, 0.15) is 32.7 Å². The van der Waals surface area contributed by atoms with Gasteiger partial charge in [-0.3, -0.25) is 14.2 Å². The zero-order valence-electron chi connectivity index (χ0n) is 19.2. The summed E-state index contributed by atoms with van der Waals surface area (Å²) >= 11 is 6.04. The summed E-state index contributed by atoms with van der Waals surface area (Å²) in [5.74, 6) is 0.331. The van der Waals surface area contributed by atoms with E-state index in [0.717, 1.165) is 17.7 Å². The number of rotatable bonds is 7. The van der Waals surface area contributed by atoms with Crippen molar-refractivity contribution in [1.82, 2.24) is 4.57 Å². The predicted octanol–water partition coefficient (Wildman–Crippen LogP) is 5.34. The van der Waals surface area contributed by atoms with Gasteiger partial charge in [0.1, 0.15) is 11.5 Å². The molecule has 1 aliphatic heterocycles. The number of aliphatic carboxylic acids is 1. The number of carboxylic acids is 1. The van der Waals surface area contributed by atoms with Crippen LogP contribution in [0.4, 0.5) is 0 Å². The van der Waals surface area contributed by atoms with Gasteiger partial charge in [0, 0.05) is 28.1 Å². The van der Waals surface area contributed by atoms with E-state index in [9.17, 15) is 14.7 Å². The van der Waals surface area contributed by atoms with Crippen LogP contribution in [0.25, 0.3) is 10.9 Å². The molecule has 0 saturated heterocycles. The van der Waals surface area contributed by atoms with Crippen molar-refractivity contribution >= 4 is 34.4 Å². The number of fused-ring (bicyclic) bond motifs is 2. The van der Waals surface area contributed by atoms with E-state index in [-0.39, 0.29) is 12.3 Å². The molecule has 4 aromatic rings. The molecule has 35 heavy (non-hydrogen) atoms. The van der Waals surface area contributed by atoms with Crippen LogP contribution in [0.3, 0.4) is 0 Å². The highest BCUT2D eigenvalue weighted by atomic mass is 35.5. The van der Waals surface area contributed by atoms with Gasteiger partial charge in [-0.25, -0.2) is 0 Å². The van der Waals surface area contributed by atoms with E-state index in [1.807, 2.05) is 18.2 Å². The number of carbonyl (C=O) groups is 2. The predicted molar refractivity (Wildman–Crippen MR) is 134 cm³/mol. The highest BCUT2D eigenvalue weighted by Crippen LogP contribution is 2.33. The molecular weight excluding hydrogens is 466 g/mol. The molecule has 0 spiro atoms. The number of halogens is 1. The third-order valence-corrected chi connectivity index (χ3v) is 6.67. The fraction of sp³-hybridized carbons (Fsp3) is 0.214. The van der Waals surface area contributed by atoms with Crippen LogP contribution < -0.4 is 9.47 Å². The second-order valence-corrected chi connectivity index (χ2v) is 9.00. The van der Waals surface area contributed by atoms with Gasteiger partial charge < -0.3 is 14.6 Å². The molecule has 0 bridgehead atoms. The van der Waals surface area contributed by atoms with Crippen LogP contribution in [0.5, 0.6) is 11.5 Å². The van der Waals surface area contributed by atoms with Crippen LogP contribution in [0, 0.1) is 0 Å². The van der Waals surface area contributed by atoms with Gasteiger partial charge in [0.2, 0.25) is 0 Å². The summed E-state index contributed by atoms with van der Waals surface area (Å²) in [5.41, 5.74) is 4.73. The molecule has 6 nitrogen and oxygen atoms in total. The van der Waals surface area contributed by atoms with Gasteiger partial charge in [-0.2, -0.15) is 0 Å². The molecule has 5 rings (SSSR count). The van der Waals surface area contributed by atoms with Gasteiger partial charge in [0.25, 0.3) is 5.91 Å². The summed E-state index contributed by atoms with van der Waals surface area (Å²) in [5, 5.41) is 10.9. The van der Waals surface area contributed by atoms with E-state index in [1.54, 1.807) is 48.1 Å². The van der Waals surface area contributed by atoms with Gasteiger partial charge in [-0.05, 0) is 78.1 Å². The maximum Gasteiger partial charge on any atom is 0.307 e. The minimum absolute atomic E-state index is 0.197. The number of hydrogen-bond donors (Lipinski definition) is 1. The lowest BCUT2D eigenvalue weighted by Crippen LogP contribution is -2.17. The second-order valence-electron chi connectivity index (χ2n) is 8.57. The lowest BCUT2D eigenvalue weighted by Gasteiger charge is -2.12. The topological polar surface area (TPSA) is 77.8 Å². The molecule has 1 aliphatic rings. The average molecular weight is 490 g/mol. The normalized spacial score (nSPS) is 12.4. The van der Waals surface area contributed by atoms with E-state index >= 15 is 0 Å². The van der Waals surface area contributed by atoms with Crippen molar-refractivity contribution in [3.63, 3.8) is 0 Å². The first-order chi connectivity index (χ1) is 16.9. The Morgan fingerprint density at radius 1 is 1.06 bits per heavy atom. The summed E-state index contributed by atoms with van der Waals surface area (Å²) in [4.78, 5) is 25.6. The fourth-order valence-electron chi connectivity index (χ4n) is 4.74. The monoisotopic (exact) mass is 489 g/mol. The van der Waals surface area contributed by atoms with E-state index < -0.39 is 5.97 Å². The first-order valence-corrected chi connectivity index (χ1v) is 11.8. The number of ether oxygens (including phenoxy) is 2. The number of nitrogens with zero attached hydrogens (tertiary/aromatic N) is 1. The zero-order valence-corrected chi connectivity index (χ0v) is 20.0. The van der Waals surface area contributed by atoms with Crippen molar-refractivity contribution in [3.8, 4) is 11.5 Å². The molecule has 7 heteroatoms. The summed E-state index contributed by atoms with van der Waals surface area (Å²) < 4.78 is 12.7. The number of benzene rings is 3. The van der Waals surface area contributed by atoms with Gasteiger partial charge in [-0.15, -0.1) is 0 Å². The van der Waals surface area contributed by atoms with Crippen molar-refractivity contribution in [2.75, 3.05) is 13.7 Å². The SMILES string of the molecule is COc1ccc2c(c1)c(CC(=O)O)c(CCc1ccc3c(c1)CCO3)n2C(=O)c1ccc(Cl)cc1. The Balaban J connectivity index is 1.63. The smallest absolute Gasteiger partial charge is 0.307 e. The van der Waals surface area contributed by atoms with Gasteiger partial charge >= 0.3 is 5.97 Å². The summed E-state index contributed by atoms with van der Waals surface area (Å²) in [6.07, 6.45) is 1.83. The molecule has 0 aliphatic carbocycles. The van der Waals surface area contributed by atoms with Crippen molar-refractivity contribution < 1.29 is 24.2 Å². The molecule has 0 saturated carbocycles. The highest BCUT2D eigenvalue weighted by molar-refractivity contribution is 6.30. The largest absolute Gasteiger partial charge is 0.497 e. The van der Waals surface area contributed by atoms with Crippen LogP contribution in [0.2, 0.25) is 5.02 Å². The number of methoxy groups -OCH3 is 1. The molecule has 0 fully saturated rings. The molecule has 1 N–H and O–H groups in total.